The normalized spacial score (nSPS) is 15.1. The third-order valence-electron chi connectivity index (χ3n) is 2.86. The van der Waals surface area contributed by atoms with E-state index < -0.39 is 5.41 Å². The lowest BCUT2D eigenvalue weighted by atomic mass is 9.95. The highest BCUT2D eigenvalue weighted by molar-refractivity contribution is 5.81. The number of carbonyl (C=O) groups excluding carboxylic acids is 1. The Bertz CT molecular complexity index is 423. The number of amides is 1. The van der Waals surface area contributed by atoms with Gasteiger partial charge in [-0.05, 0) is 20.9 Å². The molecule has 0 aliphatic heterocycles. The smallest absolute Gasteiger partial charge is 0.248 e. The summed E-state index contributed by atoms with van der Waals surface area (Å²) in [4.78, 5) is 16.2. The van der Waals surface area contributed by atoms with Gasteiger partial charge in [-0.15, -0.1) is 0 Å². The van der Waals surface area contributed by atoms with Crippen LogP contribution in [0.15, 0.2) is 4.52 Å². The molecule has 0 saturated heterocycles. The van der Waals surface area contributed by atoms with Gasteiger partial charge in [0.2, 0.25) is 11.8 Å². The minimum absolute atomic E-state index is 0.0386. The van der Waals surface area contributed by atoms with E-state index in [9.17, 15) is 4.79 Å². The molecule has 6 nitrogen and oxygen atoms in total. The van der Waals surface area contributed by atoms with Gasteiger partial charge in [0.15, 0.2) is 5.82 Å². The first-order chi connectivity index (χ1) is 8.74. The first kappa shape index (κ1) is 15.6. The molecule has 1 amide bonds. The summed E-state index contributed by atoms with van der Waals surface area (Å²) in [6.07, 6.45) is 0.694. The lowest BCUT2D eigenvalue weighted by Gasteiger charge is -2.19. The van der Waals surface area contributed by atoms with Gasteiger partial charge < -0.3 is 15.2 Å². The van der Waals surface area contributed by atoms with E-state index in [1.54, 1.807) is 0 Å². The highest BCUT2D eigenvalue weighted by atomic mass is 16.5. The van der Waals surface area contributed by atoms with E-state index in [-0.39, 0.29) is 18.0 Å². The molecule has 2 atom stereocenters. The zero-order valence-corrected chi connectivity index (χ0v) is 12.6. The molecule has 0 aliphatic rings. The Kier molecular flexibility index (Phi) is 5.05. The molecule has 0 aliphatic carbocycles. The van der Waals surface area contributed by atoms with E-state index in [0.717, 1.165) is 0 Å². The molecule has 0 fully saturated rings. The maximum Gasteiger partial charge on any atom is 0.248 e. The van der Waals surface area contributed by atoms with E-state index in [1.165, 1.54) is 0 Å². The third kappa shape index (κ3) is 4.63. The lowest BCUT2D eigenvalue weighted by Crippen LogP contribution is -2.36. The van der Waals surface area contributed by atoms with E-state index in [0.29, 0.717) is 18.1 Å². The number of carbonyl (C=O) groups is 1. The molecule has 1 heterocycles. The molecule has 6 heteroatoms. The Balaban J connectivity index is 2.63. The van der Waals surface area contributed by atoms with Crippen LogP contribution in [0, 0.1) is 5.41 Å². The topological polar surface area (TPSA) is 80.0 Å². The van der Waals surface area contributed by atoms with Crippen LogP contribution in [-0.4, -0.2) is 29.1 Å². The lowest BCUT2D eigenvalue weighted by molar-refractivity contribution is -0.129. The Morgan fingerprint density at radius 1 is 1.37 bits per heavy atom. The first-order valence-electron chi connectivity index (χ1n) is 6.54. The summed E-state index contributed by atoms with van der Waals surface area (Å²) in [5.74, 6) is 1.05. The molecule has 0 saturated carbocycles. The van der Waals surface area contributed by atoms with E-state index in [4.69, 9.17) is 4.52 Å². The van der Waals surface area contributed by atoms with Gasteiger partial charge in [-0.3, -0.25) is 4.79 Å². The van der Waals surface area contributed by atoms with Crippen LogP contribution in [-0.2, 0) is 11.2 Å². The number of hydrogen-bond donors (Lipinski definition) is 2. The standard InChI is InChI=1S/C13H24N4O2/c1-8(14-6)7-10-16-11(19-17-10)9(2)15-12(18)13(3,4)5/h8-9,14H,7H2,1-6H3,(H,15,18). The highest BCUT2D eigenvalue weighted by Crippen LogP contribution is 2.17. The van der Waals surface area contributed by atoms with Gasteiger partial charge in [0.05, 0.1) is 0 Å². The van der Waals surface area contributed by atoms with E-state index in [2.05, 4.69) is 20.8 Å². The maximum absolute atomic E-state index is 11.9. The van der Waals surface area contributed by atoms with Crippen molar-refractivity contribution in [2.45, 2.75) is 53.1 Å². The van der Waals surface area contributed by atoms with Crippen molar-refractivity contribution in [3.63, 3.8) is 0 Å². The Labute approximate surface area is 114 Å². The van der Waals surface area contributed by atoms with Gasteiger partial charge in [0.25, 0.3) is 0 Å². The van der Waals surface area contributed by atoms with Crippen molar-refractivity contribution in [3.8, 4) is 0 Å². The summed E-state index contributed by atoms with van der Waals surface area (Å²) >= 11 is 0. The number of hydrogen-bond acceptors (Lipinski definition) is 5. The molecule has 1 aromatic rings. The fraction of sp³-hybridized carbons (Fsp3) is 0.769. The molecular weight excluding hydrogens is 244 g/mol. The predicted molar refractivity (Wildman–Crippen MR) is 72.5 cm³/mol. The molecule has 1 aromatic heterocycles. The number of rotatable bonds is 5. The molecule has 2 N–H and O–H groups in total. The summed E-state index contributed by atoms with van der Waals surface area (Å²) in [7, 11) is 1.89. The fourth-order valence-electron chi connectivity index (χ4n) is 1.38. The van der Waals surface area contributed by atoms with Crippen LogP contribution in [0.2, 0.25) is 0 Å². The molecule has 0 spiro atoms. The van der Waals surface area contributed by atoms with Crippen molar-refractivity contribution in [2.24, 2.45) is 5.41 Å². The van der Waals surface area contributed by atoms with Crippen molar-refractivity contribution < 1.29 is 9.32 Å². The van der Waals surface area contributed by atoms with Crippen molar-refractivity contribution in [1.29, 1.82) is 0 Å². The van der Waals surface area contributed by atoms with Crippen LogP contribution in [0.1, 0.15) is 52.4 Å². The largest absolute Gasteiger partial charge is 0.344 e. The summed E-state index contributed by atoms with van der Waals surface area (Å²) in [5, 5.41) is 9.90. The van der Waals surface area contributed by atoms with Crippen molar-refractivity contribution in [1.82, 2.24) is 20.8 Å². The summed E-state index contributed by atoms with van der Waals surface area (Å²) < 4.78 is 5.18. The van der Waals surface area contributed by atoms with E-state index in [1.807, 2.05) is 41.7 Å². The van der Waals surface area contributed by atoms with Crippen LogP contribution in [0.5, 0.6) is 0 Å². The highest BCUT2D eigenvalue weighted by Gasteiger charge is 2.25. The van der Waals surface area contributed by atoms with Gasteiger partial charge in [-0.2, -0.15) is 4.98 Å². The Hall–Kier alpha value is -1.43. The summed E-state index contributed by atoms with van der Waals surface area (Å²) in [5.41, 5.74) is -0.433. The summed E-state index contributed by atoms with van der Waals surface area (Å²) in [6.45, 7) is 9.47. The monoisotopic (exact) mass is 268 g/mol. The Morgan fingerprint density at radius 3 is 2.53 bits per heavy atom. The molecular formula is C13H24N4O2. The second-order valence-electron chi connectivity index (χ2n) is 5.89. The van der Waals surface area contributed by atoms with Gasteiger partial charge >= 0.3 is 0 Å². The molecule has 0 bridgehead atoms. The molecule has 0 aromatic carbocycles. The molecule has 0 radical (unpaired) electrons. The minimum Gasteiger partial charge on any atom is -0.344 e. The number of nitrogens with one attached hydrogen (secondary N) is 2. The molecule has 2 unspecified atom stereocenters. The van der Waals surface area contributed by atoms with E-state index >= 15 is 0 Å². The third-order valence-corrected chi connectivity index (χ3v) is 2.86. The number of aromatic nitrogens is 2. The van der Waals surface area contributed by atoms with Gasteiger partial charge in [-0.25, -0.2) is 0 Å². The Morgan fingerprint density at radius 2 is 2.00 bits per heavy atom. The SMILES string of the molecule is CNC(C)Cc1noc(C(C)NC(=O)C(C)(C)C)n1. The fourth-order valence-corrected chi connectivity index (χ4v) is 1.38. The summed E-state index contributed by atoms with van der Waals surface area (Å²) in [6, 6.07) is 0.00258. The zero-order chi connectivity index (χ0) is 14.6. The van der Waals surface area contributed by atoms with Gasteiger partial charge in [0, 0.05) is 17.9 Å². The van der Waals surface area contributed by atoms with Crippen molar-refractivity contribution in [3.05, 3.63) is 11.7 Å². The molecule has 19 heavy (non-hydrogen) atoms. The average molecular weight is 268 g/mol. The van der Waals surface area contributed by atoms with Gasteiger partial charge in [0.1, 0.15) is 6.04 Å². The van der Waals surface area contributed by atoms with Crippen LogP contribution in [0.4, 0.5) is 0 Å². The first-order valence-corrected chi connectivity index (χ1v) is 6.54. The number of nitrogens with zero attached hydrogens (tertiary/aromatic N) is 2. The van der Waals surface area contributed by atoms with Crippen LogP contribution in [0.3, 0.4) is 0 Å². The quantitative estimate of drug-likeness (QED) is 0.844. The van der Waals surface area contributed by atoms with Gasteiger partial charge in [-0.1, -0.05) is 25.9 Å². The van der Waals surface area contributed by atoms with Crippen LogP contribution < -0.4 is 10.6 Å². The molecule has 1 rings (SSSR count). The minimum atomic E-state index is -0.433. The van der Waals surface area contributed by atoms with Crippen LogP contribution >= 0.6 is 0 Å². The van der Waals surface area contributed by atoms with Crippen molar-refractivity contribution >= 4 is 5.91 Å². The molecule has 108 valence electrons. The van der Waals surface area contributed by atoms with Crippen LogP contribution in [0.25, 0.3) is 0 Å². The second kappa shape index (κ2) is 6.14. The average Bonchev–Trinajstić information content (AvgIpc) is 2.76. The predicted octanol–water partition coefficient (Wildman–Crippen LogP) is 1.44. The van der Waals surface area contributed by atoms with Crippen molar-refractivity contribution in [2.75, 3.05) is 7.05 Å². The second-order valence-corrected chi connectivity index (χ2v) is 5.89. The number of likely N-dealkylation sites (N-methyl/N-ethyl adjacent to an activating group) is 1. The maximum atomic E-state index is 11.9. The zero-order valence-electron chi connectivity index (χ0n) is 12.6.